The Hall–Kier alpha value is -4.11. The Morgan fingerprint density at radius 1 is 0.941 bits per heavy atom. The second-order valence-corrected chi connectivity index (χ2v) is 9.16. The minimum absolute atomic E-state index is 0.0983. The van der Waals surface area contributed by atoms with Gasteiger partial charge in [0, 0.05) is 16.6 Å². The molecule has 0 radical (unpaired) electrons. The molecule has 0 bridgehead atoms. The minimum atomic E-state index is -3.76. The van der Waals surface area contributed by atoms with Crippen LogP contribution in [0.25, 0.3) is 11.0 Å². The predicted molar refractivity (Wildman–Crippen MR) is 129 cm³/mol. The molecule has 1 heterocycles. The van der Waals surface area contributed by atoms with Crippen molar-refractivity contribution in [3.05, 3.63) is 89.7 Å². The van der Waals surface area contributed by atoms with Crippen molar-refractivity contribution in [3.63, 3.8) is 0 Å². The first-order valence-electron chi connectivity index (χ1n) is 10.5. The van der Waals surface area contributed by atoms with Crippen molar-refractivity contribution in [3.8, 4) is 0 Å². The zero-order chi connectivity index (χ0) is 24.3. The van der Waals surface area contributed by atoms with E-state index in [2.05, 4.69) is 10.0 Å². The van der Waals surface area contributed by atoms with Crippen LogP contribution in [0.15, 0.2) is 82.1 Å². The molecule has 1 aromatic heterocycles. The van der Waals surface area contributed by atoms with Crippen LogP contribution in [0.3, 0.4) is 0 Å². The number of hydrogen-bond donors (Lipinski definition) is 2. The summed E-state index contributed by atoms with van der Waals surface area (Å²) in [7, 11) is -3.76. The quantitative estimate of drug-likeness (QED) is 0.363. The summed E-state index contributed by atoms with van der Waals surface area (Å²) < 4.78 is 38.3. The summed E-state index contributed by atoms with van der Waals surface area (Å²) in [5.74, 6) is -1.28. The Morgan fingerprint density at radius 2 is 1.62 bits per heavy atom. The second kappa shape index (κ2) is 9.40. The van der Waals surface area contributed by atoms with Gasteiger partial charge in [-0.1, -0.05) is 29.8 Å². The van der Waals surface area contributed by atoms with E-state index in [-0.39, 0.29) is 28.5 Å². The molecule has 0 aliphatic rings. The average Bonchev–Trinajstić information content (AvgIpc) is 3.18. The molecule has 9 heteroatoms. The molecule has 2 N–H and O–H groups in total. The molecule has 174 valence electrons. The number of nitrogens with one attached hydrogen (secondary N) is 2. The number of aryl methyl sites for hydroxylation is 1. The Bertz CT molecular complexity index is 1460. The van der Waals surface area contributed by atoms with Crippen LogP contribution in [0.2, 0.25) is 0 Å². The number of carbonyl (C=O) groups is 2. The smallest absolute Gasteiger partial charge is 0.376 e. The first-order chi connectivity index (χ1) is 16.3. The van der Waals surface area contributed by atoms with Crippen LogP contribution in [0, 0.1) is 6.92 Å². The van der Waals surface area contributed by atoms with Gasteiger partial charge >= 0.3 is 5.97 Å². The second-order valence-electron chi connectivity index (χ2n) is 7.47. The van der Waals surface area contributed by atoms with E-state index >= 15 is 0 Å². The zero-order valence-electron chi connectivity index (χ0n) is 18.5. The standard InChI is InChI=1S/C25H22N2O6S/c1-3-32-25(29)23-22(20-6-4-5-7-21(20)33-23)26-24(28)17-10-12-18(13-11-17)27-34(30,31)19-14-8-16(2)9-15-19/h4-15,27H,3H2,1-2H3,(H,26,28). The topological polar surface area (TPSA) is 115 Å². The molecule has 8 nitrogen and oxygen atoms in total. The summed E-state index contributed by atoms with van der Waals surface area (Å²) in [6, 6.07) is 19.3. The van der Waals surface area contributed by atoms with Gasteiger partial charge in [-0.05, 0) is 62.4 Å². The number of hydrogen-bond acceptors (Lipinski definition) is 6. The summed E-state index contributed by atoms with van der Waals surface area (Å²) in [6.45, 7) is 3.70. The van der Waals surface area contributed by atoms with E-state index in [1.54, 1.807) is 43.3 Å². The van der Waals surface area contributed by atoms with Crippen LogP contribution in [-0.4, -0.2) is 26.9 Å². The molecule has 0 fully saturated rings. The van der Waals surface area contributed by atoms with Crippen molar-refractivity contribution in [1.82, 2.24) is 0 Å². The number of furan rings is 1. The van der Waals surface area contributed by atoms with Crippen molar-refractivity contribution >= 4 is 44.2 Å². The molecule has 0 unspecified atom stereocenters. The molecule has 0 aliphatic carbocycles. The lowest BCUT2D eigenvalue weighted by Gasteiger charge is -2.10. The maximum atomic E-state index is 12.9. The fourth-order valence-corrected chi connectivity index (χ4v) is 4.38. The van der Waals surface area contributed by atoms with Crippen LogP contribution >= 0.6 is 0 Å². The number of benzene rings is 3. The summed E-state index contributed by atoms with van der Waals surface area (Å²) in [5, 5.41) is 3.27. The molecule has 0 atom stereocenters. The van der Waals surface area contributed by atoms with Gasteiger partial charge in [0.1, 0.15) is 11.3 Å². The maximum absolute atomic E-state index is 12.9. The molecular weight excluding hydrogens is 456 g/mol. The first kappa shape index (κ1) is 23.1. The Balaban J connectivity index is 1.55. The molecule has 0 saturated heterocycles. The highest BCUT2D eigenvalue weighted by Crippen LogP contribution is 2.32. The highest BCUT2D eigenvalue weighted by Gasteiger charge is 2.23. The maximum Gasteiger partial charge on any atom is 0.376 e. The van der Waals surface area contributed by atoms with Gasteiger partial charge in [0.05, 0.1) is 11.5 Å². The number of fused-ring (bicyclic) bond motifs is 1. The number of ether oxygens (including phenoxy) is 1. The van der Waals surface area contributed by atoms with E-state index in [9.17, 15) is 18.0 Å². The van der Waals surface area contributed by atoms with Gasteiger partial charge in [-0.3, -0.25) is 9.52 Å². The van der Waals surface area contributed by atoms with E-state index in [0.29, 0.717) is 16.7 Å². The number of rotatable bonds is 7. The number of esters is 1. The number of para-hydroxylation sites is 1. The molecular formula is C25H22N2O6S. The molecule has 4 aromatic rings. The SMILES string of the molecule is CCOC(=O)c1oc2ccccc2c1NC(=O)c1ccc(NS(=O)(=O)c2ccc(C)cc2)cc1. The van der Waals surface area contributed by atoms with E-state index in [0.717, 1.165) is 5.56 Å². The number of carbonyl (C=O) groups excluding carboxylic acids is 2. The van der Waals surface area contributed by atoms with Crippen LogP contribution in [-0.2, 0) is 14.8 Å². The van der Waals surface area contributed by atoms with Gasteiger partial charge in [0.25, 0.3) is 15.9 Å². The fourth-order valence-electron chi connectivity index (χ4n) is 3.32. The van der Waals surface area contributed by atoms with Gasteiger partial charge in [0.15, 0.2) is 0 Å². The van der Waals surface area contributed by atoms with E-state index in [4.69, 9.17) is 9.15 Å². The number of sulfonamides is 1. The number of amides is 1. The summed E-state index contributed by atoms with van der Waals surface area (Å²) in [5.41, 5.74) is 2.16. The molecule has 0 aliphatic heterocycles. The van der Waals surface area contributed by atoms with Crippen molar-refractivity contribution in [1.29, 1.82) is 0 Å². The lowest BCUT2D eigenvalue weighted by atomic mass is 10.1. The number of anilines is 2. The molecule has 0 saturated carbocycles. The largest absolute Gasteiger partial charge is 0.460 e. The third-order valence-electron chi connectivity index (χ3n) is 5.03. The normalized spacial score (nSPS) is 11.2. The van der Waals surface area contributed by atoms with Gasteiger partial charge in [0.2, 0.25) is 5.76 Å². The average molecular weight is 479 g/mol. The van der Waals surface area contributed by atoms with Crippen molar-refractivity contribution < 1.29 is 27.2 Å². The van der Waals surface area contributed by atoms with E-state index in [1.807, 2.05) is 6.92 Å². The Morgan fingerprint density at radius 3 is 2.29 bits per heavy atom. The first-order valence-corrected chi connectivity index (χ1v) is 12.0. The lowest BCUT2D eigenvalue weighted by molar-refractivity contribution is 0.0494. The Kier molecular flexibility index (Phi) is 6.38. The molecule has 34 heavy (non-hydrogen) atoms. The van der Waals surface area contributed by atoms with Crippen molar-refractivity contribution in [2.24, 2.45) is 0 Å². The summed E-state index contributed by atoms with van der Waals surface area (Å²) >= 11 is 0. The zero-order valence-corrected chi connectivity index (χ0v) is 19.3. The Labute approximate surface area is 196 Å². The summed E-state index contributed by atoms with van der Waals surface area (Å²) in [4.78, 5) is 25.4. The molecule has 4 rings (SSSR count). The van der Waals surface area contributed by atoms with Crippen molar-refractivity contribution in [2.75, 3.05) is 16.6 Å². The van der Waals surface area contributed by atoms with Crippen LogP contribution < -0.4 is 10.0 Å². The van der Waals surface area contributed by atoms with E-state index in [1.165, 1.54) is 36.4 Å². The van der Waals surface area contributed by atoms with Crippen LogP contribution in [0.1, 0.15) is 33.4 Å². The molecule has 3 aromatic carbocycles. The van der Waals surface area contributed by atoms with Crippen LogP contribution in [0.5, 0.6) is 0 Å². The van der Waals surface area contributed by atoms with Gasteiger partial charge in [-0.2, -0.15) is 0 Å². The summed E-state index contributed by atoms with van der Waals surface area (Å²) in [6.07, 6.45) is 0. The molecule has 0 spiro atoms. The van der Waals surface area contributed by atoms with Gasteiger partial charge < -0.3 is 14.5 Å². The monoisotopic (exact) mass is 478 g/mol. The van der Waals surface area contributed by atoms with E-state index < -0.39 is 21.9 Å². The predicted octanol–water partition coefficient (Wildman–Crippen LogP) is 4.97. The third-order valence-corrected chi connectivity index (χ3v) is 6.42. The minimum Gasteiger partial charge on any atom is -0.460 e. The fraction of sp³-hybridized carbons (Fsp3) is 0.120. The van der Waals surface area contributed by atoms with Crippen LogP contribution in [0.4, 0.5) is 11.4 Å². The lowest BCUT2D eigenvalue weighted by Crippen LogP contribution is -2.15. The third kappa shape index (κ3) is 4.79. The van der Waals surface area contributed by atoms with Crippen molar-refractivity contribution in [2.45, 2.75) is 18.7 Å². The van der Waals surface area contributed by atoms with Gasteiger partial charge in [-0.25, -0.2) is 13.2 Å². The highest BCUT2D eigenvalue weighted by atomic mass is 32.2. The highest BCUT2D eigenvalue weighted by molar-refractivity contribution is 7.92. The molecule has 1 amide bonds. The van der Waals surface area contributed by atoms with Gasteiger partial charge in [-0.15, -0.1) is 0 Å².